The van der Waals surface area contributed by atoms with Crippen LogP contribution in [0.5, 0.6) is 0 Å². The molecule has 0 aromatic carbocycles. The SMILES string of the molecule is Nn1c(=O)on(C=CC(=O)O)c1=O. The van der Waals surface area contributed by atoms with Crippen molar-refractivity contribution in [1.82, 2.24) is 9.42 Å². The van der Waals surface area contributed by atoms with Crippen LogP contribution in [0.2, 0.25) is 0 Å². The highest BCUT2D eigenvalue weighted by molar-refractivity contribution is 5.82. The van der Waals surface area contributed by atoms with Crippen LogP contribution < -0.4 is 17.3 Å². The zero-order valence-electron chi connectivity index (χ0n) is 6.21. The van der Waals surface area contributed by atoms with Gasteiger partial charge < -0.3 is 15.5 Å². The zero-order valence-corrected chi connectivity index (χ0v) is 6.21. The first kappa shape index (κ1) is 8.84. The van der Waals surface area contributed by atoms with Crippen LogP contribution in [0, 0.1) is 0 Å². The van der Waals surface area contributed by atoms with Gasteiger partial charge in [-0.05, 0) is 0 Å². The second-order valence-corrected chi connectivity index (χ2v) is 1.99. The standard InChI is InChI=1S/C5H5N3O5/c6-8-4(11)7(13-5(8)12)2-1-3(9)10/h1-2H,6H2,(H,9,10). The second-order valence-electron chi connectivity index (χ2n) is 1.99. The van der Waals surface area contributed by atoms with Crippen LogP contribution in [0.4, 0.5) is 0 Å². The Morgan fingerprint density at radius 3 is 2.54 bits per heavy atom. The van der Waals surface area contributed by atoms with Crippen molar-refractivity contribution in [2.45, 2.75) is 0 Å². The number of nitrogens with zero attached hydrogens (tertiary/aromatic N) is 2. The summed E-state index contributed by atoms with van der Waals surface area (Å²) in [6.45, 7) is 0. The van der Waals surface area contributed by atoms with E-state index in [1.165, 1.54) is 0 Å². The number of rotatable bonds is 2. The van der Waals surface area contributed by atoms with Gasteiger partial charge in [0.05, 0.1) is 6.20 Å². The van der Waals surface area contributed by atoms with Crippen molar-refractivity contribution < 1.29 is 14.4 Å². The minimum atomic E-state index is -1.28. The highest BCUT2D eigenvalue weighted by Crippen LogP contribution is 1.78. The molecule has 0 bridgehead atoms. The van der Waals surface area contributed by atoms with E-state index in [0.29, 0.717) is 10.8 Å². The molecule has 0 aliphatic rings. The van der Waals surface area contributed by atoms with Crippen LogP contribution in [0.25, 0.3) is 6.20 Å². The molecule has 70 valence electrons. The van der Waals surface area contributed by atoms with E-state index in [4.69, 9.17) is 10.9 Å². The molecule has 1 aromatic rings. The quantitative estimate of drug-likeness (QED) is 0.403. The molecule has 0 spiro atoms. The molecule has 0 amide bonds. The van der Waals surface area contributed by atoms with Crippen molar-refractivity contribution in [1.29, 1.82) is 0 Å². The van der Waals surface area contributed by atoms with Crippen LogP contribution >= 0.6 is 0 Å². The lowest BCUT2D eigenvalue weighted by Gasteiger charge is -1.83. The van der Waals surface area contributed by atoms with Gasteiger partial charge in [0.15, 0.2) is 0 Å². The summed E-state index contributed by atoms with van der Waals surface area (Å²) in [5.41, 5.74) is -0.956. The van der Waals surface area contributed by atoms with Crippen molar-refractivity contribution >= 4 is 12.2 Å². The lowest BCUT2D eigenvalue weighted by atomic mass is 10.6. The Morgan fingerprint density at radius 2 is 2.15 bits per heavy atom. The summed E-state index contributed by atoms with van der Waals surface area (Å²) in [5.74, 6) is 2.56. The lowest BCUT2D eigenvalue weighted by molar-refractivity contribution is -0.131. The van der Waals surface area contributed by atoms with Gasteiger partial charge in [-0.2, -0.15) is 0 Å². The van der Waals surface area contributed by atoms with E-state index in [1.54, 1.807) is 0 Å². The van der Waals surface area contributed by atoms with Crippen molar-refractivity contribution in [3.63, 3.8) is 0 Å². The molecular weight excluding hydrogens is 182 g/mol. The van der Waals surface area contributed by atoms with Gasteiger partial charge in [0.2, 0.25) is 0 Å². The van der Waals surface area contributed by atoms with Gasteiger partial charge >= 0.3 is 17.4 Å². The largest absolute Gasteiger partial charge is 0.478 e. The number of aliphatic carboxylic acids is 1. The Kier molecular flexibility index (Phi) is 2.05. The maximum absolute atomic E-state index is 10.9. The normalized spacial score (nSPS) is 10.8. The van der Waals surface area contributed by atoms with Gasteiger partial charge in [0.25, 0.3) is 0 Å². The zero-order chi connectivity index (χ0) is 10.0. The van der Waals surface area contributed by atoms with E-state index in [9.17, 15) is 14.4 Å². The summed E-state index contributed by atoms with van der Waals surface area (Å²) in [6.07, 6.45) is 1.40. The molecule has 0 unspecified atom stereocenters. The number of nitrogen functional groups attached to an aromatic ring is 1. The van der Waals surface area contributed by atoms with Gasteiger partial charge in [-0.1, -0.05) is 0 Å². The third-order valence-electron chi connectivity index (χ3n) is 1.12. The van der Waals surface area contributed by atoms with E-state index in [2.05, 4.69) is 4.52 Å². The molecule has 3 N–H and O–H groups in total. The highest BCUT2D eigenvalue weighted by Gasteiger charge is 2.05. The van der Waals surface area contributed by atoms with E-state index >= 15 is 0 Å². The first-order valence-corrected chi connectivity index (χ1v) is 3.03. The van der Waals surface area contributed by atoms with Gasteiger partial charge in [0, 0.05) is 6.08 Å². The predicted octanol–water partition coefficient (Wildman–Crippen LogP) is -2.13. The Labute approximate surface area is 70.0 Å². The van der Waals surface area contributed by atoms with Gasteiger partial charge in [-0.25, -0.2) is 14.4 Å². The van der Waals surface area contributed by atoms with Crippen LogP contribution in [-0.4, -0.2) is 20.5 Å². The minimum Gasteiger partial charge on any atom is -0.478 e. The third-order valence-corrected chi connectivity index (χ3v) is 1.12. The second kappa shape index (κ2) is 3.01. The van der Waals surface area contributed by atoms with Crippen molar-refractivity contribution in [3.05, 3.63) is 27.1 Å². The van der Waals surface area contributed by atoms with Crippen LogP contribution in [0.3, 0.4) is 0 Å². The fourth-order valence-electron chi connectivity index (χ4n) is 0.577. The number of hydrogen-bond donors (Lipinski definition) is 2. The van der Waals surface area contributed by atoms with Gasteiger partial charge in [-0.15, -0.1) is 9.42 Å². The van der Waals surface area contributed by atoms with Gasteiger partial charge in [-0.3, -0.25) is 0 Å². The smallest absolute Gasteiger partial charge is 0.462 e. The summed E-state index contributed by atoms with van der Waals surface area (Å²) >= 11 is 0. The Morgan fingerprint density at radius 1 is 1.54 bits per heavy atom. The van der Waals surface area contributed by atoms with E-state index < -0.39 is 17.4 Å². The molecule has 0 atom stereocenters. The topological polar surface area (TPSA) is 120 Å². The van der Waals surface area contributed by atoms with Crippen molar-refractivity contribution in [2.24, 2.45) is 0 Å². The number of aromatic nitrogens is 2. The Bertz CT molecular complexity index is 461. The molecule has 13 heavy (non-hydrogen) atoms. The maximum atomic E-state index is 10.9. The predicted molar refractivity (Wildman–Crippen MR) is 40.3 cm³/mol. The van der Waals surface area contributed by atoms with Crippen molar-refractivity contribution in [3.8, 4) is 0 Å². The molecule has 1 heterocycles. The highest BCUT2D eigenvalue weighted by atomic mass is 16.5. The molecular formula is C5H5N3O5. The average molecular weight is 187 g/mol. The van der Waals surface area contributed by atoms with Crippen molar-refractivity contribution in [2.75, 3.05) is 5.84 Å². The first-order chi connectivity index (χ1) is 6.02. The molecule has 8 nitrogen and oxygen atoms in total. The minimum absolute atomic E-state index is 0.214. The van der Waals surface area contributed by atoms with Crippen LogP contribution in [-0.2, 0) is 4.79 Å². The maximum Gasteiger partial charge on any atom is 0.462 e. The number of hydrogen-bond acceptors (Lipinski definition) is 5. The molecule has 1 rings (SSSR count). The average Bonchev–Trinajstić information content (AvgIpc) is 2.29. The lowest BCUT2D eigenvalue weighted by Crippen LogP contribution is -2.34. The number of carboxylic acids is 1. The summed E-state index contributed by atoms with van der Waals surface area (Å²) in [5, 5.41) is 8.18. The summed E-state index contributed by atoms with van der Waals surface area (Å²) in [6, 6.07) is 0. The molecule has 0 aliphatic heterocycles. The summed E-state index contributed by atoms with van der Waals surface area (Å²) in [4.78, 5) is 31.5. The third kappa shape index (κ3) is 1.67. The summed E-state index contributed by atoms with van der Waals surface area (Å²) in [7, 11) is 0. The van der Waals surface area contributed by atoms with Crippen LogP contribution in [0.15, 0.2) is 20.2 Å². The number of nitrogens with two attached hydrogens (primary N) is 1. The molecule has 0 aliphatic carbocycles. The van der Waals surface area contributed by atoms with Gasteiger partial charge in [0.1, 0.15) is 0 Å². The Hall–Kier alpha value is -2.25. The number of carboxylic acid groups (broad SMARTS) is 1. The molecule has 0 radical (unpaired) electrons. The molecule has 0 fully saturated rings. The van der Waals surface area contributed by atoms with E-state index in [-0.39, 0.29) is 4.68 Å². The fourth-order valence-corrected chi connectivity index (χ4v) is 0.577. The first-order valence-electron chi connectivity index (χ1n) is 3.03. The fraction of sp³-hybridized carbons (Fsp3) is 0. The van der Waals surface area contributed by atoms with Crippen LogP contribution in [0.1, 0.15) is 0 Å². The molecule has 1 aromatic heterocycles. The van der Waals surface area contributed by atoms with E-state index in [0.717, 1.165) is 6.20 Å². The summed E-state index contributed by atoms with van der Waals surface area (Å²) < 4.78 is 4.86. The van der Waals surface area contributed by atoms with E-state index in [1.807, 2.05) is 0 Å². The molecule has 0 saturated carbocycles. The Balaban J connectivity index is 3.18. The number of carbonyl (C=O) groups is 1. The monoisotopic (exact) mass is 187 g/mol. The molecule has 8 heteroatoms. The molecule has 0 saturated heterocycles.